The van der Waals surface area contributed by atoms with Crippen LogP contribution in [-0.2, 0) is 4.79 Å². The number of hydrogen-bond donors (Lipinski definition) is 2. The standard InChI is InChI=1S/C19H30O3/c1-12-16(22)14(21)9-15-18(12,3)6-5-13-10-17(2,11-20)7-8-19(13,15)4/h13,15,20,22H,5-11H2,1-4H3. The fourth-order valence-electron chi connectivity index (χ4n) is 5.78. The molecular weight excluding hydrogens is 276 g/mol. The summed E-state index contributed by atoms with van der Waals surface area (Å²) in [5.74, 6) is 0.858. The van der Waals surface area contributed by atoms with Crippen molar-refractivity contribution in [2.45, 2.75) is 66.2 Å². The number of allylic oxidation sites excluding steroid dienone is 2. The van der Waals surface area contributed by atoms with Gasteiger partial charge in [0.25, 0.3) is 0 Å². The molecule has 3 aliphatic rings. The first-order chi connectivity index (χ1) is 10.2. The van der Waals surface area contributed by atoms with Gasteiger partial charge in [0.05, 0.1) is 0 Å². The molecule has 124 valence electrons. The Hall–Kier alpha value is -0.830. The van der Waals surface area contributed by atoms with Crippen LogP contribution in [0.3, 0.4) is 0 Å². The van der Waals surface area contributed by atoms with Crippen molar-refractivity contribution in [3.05, 3.63) is 11.3 Å². The summed E-state index contributed by atoms with van der Waals surface area (Å²) in [7, 11) is 0. The lowest BCUT2D eigenvalue weighted by Gasteiger charge is -2.62. The average molecular weight is 306 g/mol. The van der Waals surface area contributed by atoms with Crippen molar-refractivity contribution >= 4 is 5.78 Å². The molecule has 0 aromatic rings. The highest BCUT2D eigenvalue weighted by Gasteiger charge is 2.59. The molecule has 3 heteroatoms. The van der Waals surface area contributed by atoms with E-state index in [-0.39, 0.29) is 34.4 Å². The van der Waals surface area contributed by atoms with Crippen molar-refractivity contribution in [3.8, 4) is 0 Å². The summed E-state index contributed by atoms with van der Waals surface area (Å²) in [5.41, 5.74) is 1.06. The minimum atomic E-state index is -0.0719. The van der Waals surface area contributed by atoms with Gasteiger partial charge < -0.3 is 10.2 Å². The first-order valence-corrected chi connectivity index (χ1v) is 8.71. The van der Waals surface area contributed by atoms with Crippen molar-refractivity contribution in [1.29, 1.82) is 0 Å². The first kappa shape index (κ1) is 16.0. The van der Waals surface area contributed by atoms with Gasteiger partial charge in [0, 0.05) is 13.0 Å². The van der Waals surface area contributed by atoms with Crippen molar-refractivity contribution < 1.29 is 15.0 Å². The lowest BCUT2D eigenvalue weighted by atomic mass is 9.42. The van der Waals surface area contributed by atoms with Crippen LogP contribution in [0.5, 0.6) is 0 Å². The summed E-state index contributed by atoms with van der Waals surface area (Å²) in [5, 5.41) is 19.9. The SMILES string of the molecule is CC1=C(O)C(=O)CC2C1(C)CCC1CC(C)(CO)CCC12C. The van der Waals surface area contributed by atoms with Crippen molar-refractivity contribution in [3.63, 3.8) is 0 Å². The first-order valence-electron chi connectivity index (χ1n) is 8.71. The quantitative estimate of drug-likeness (QED) is 0.769. The fraction of sp³-hybridized carbons (Fsp3) is 0.842. The number of carbonyl (C=O) groups excluding carboxylic acids is 1. The molecule has 0 heterocycles. The van der Waals surface area contributed by atoms with Crippen LogP contribution in [0.4, 0.5) is 0 Å². The molecule has 3 nitrogen and oxygen atoms in total. The number of Topliss-reactive ketones (excluding diaryl/α,β-unsaturated/α-hetero) is 1. The maximum absolute atomic E-state index is 12.3. The zero-order valence-corrected chi connectivity index (χ0v) is 14.4. The van der Waals surface area contributed by atoms with Gasteiger partial charge in [-0.3, -0.25) is 4.79 Å². The average Bonchev–Trinajstić information content (AvgIpc) is 2.49. The predicted octanol–water partition coefficient (Wildman–Crippen LogP) is 4.01. The van der Waals surface area contributed by atoms with Crippen LogP contribution in [-0.4, -0.2) is 22.6 Å². The summed E-state index contributed by atoms with van der Waals surface area (Å²) in [6, 6.07) is 0. The third-order valence-corrected chi connectivity index (χ3v) is 7.76. The zero-order valence-electron chi connectivity index (χ0n) is 14.4. The number of rotatable bonds is 1. The summed E-state index contributed by atoms with van der Waals surface area (Å²) in [6.45, 7) is 9.02. The molecule has 0 saturated heterocycles. The zero-order chi connectivity index (χ0) is 16.3. The molecule has 5 atom stereocenters. The molecule has 2 saturated carbocycles. The molecule has 2 N–H and O–H groups in total. The Morgan fingerprint density at radius 1 is 1.18 bits per heavy atom. The Morgan fingerprint density at radius 2 is 1.86 bits per heavy atom. The Labute approximate surface area is 133 Å². The second-order valence-electron chi connectivity index (χ2n) is 8.99. The van der Waals surface area contributed by atoms with E-state index in [2.05, 4.69) is 20.8 Å². The molecule has 0 aliphatic heterocycles. The Morgan fingerprint density at radius 3 is 2.50 bits per heavy atom. The van der Waals surface area contributed by atoms with Gasteiger partial charge in [-0.2, -0.15) is 0 Å². The van der Waals surface area contributed by atoms with Crippen LogP contribution >= 0.6 is 0 Å². The highest BCUT2D eigenvalue weighted by atomic mass is 16.3. The number of aliphatic hydroxyl groups excluding tert-OH is 2. The van der Waals surface area contributed by atoms with Gasteiger partial charge in [-0.25, -0.2) is 0 Å². The fourth-order valence-corrected chi connectivity index (χ4v) is 5.78. The van der Waals surface area contributed by atoms with Gasteiger partial charge in [-0.15, -0.1) is 0 Å². The van der Waals surface area contributed by atoms with Gasteiger partial charge >= 0.3 is 0 Å². The molecule has 22 heavy (non-hydrogen) atoms. The van der Waals surface area contributed by atoms with E-state index in [0.29, 0.717) is 18.3 Å². The van der Waals surface area contributed by atoms with Crippen molar-refractivity contribution in [2.24, 2.45) is 28.1 Å². The number of carbonyl (C=O) groups is 1. The topological polar surface area (TPSA) is 57.5 Å². The van der Waals surface area contributed by atoms with E-state index < -0.39 is 0 Å². The minimum Gasteiger partial charge on any atom is -0.504 e. The van der Waals surface area contributed by atoms with Crippen LogP contribution < -0.4 is 0 Å². The summed E-state index contributed by atoms with van der Waals surface area (Å²) >= 11 is 0. The van der Waals surface area contributed by atoms with Crippen LogP contribution in [0, 0.1) is 28.1 Å². The molecule has 3 rings (SSSR count). The molecule has 5 unspecified atom stereocenters. The second-order valence-corrected chi connectivity index (χ2v) is 8.99. The predicted molar refractivity (Wildman–Crippen MR) is 86.4 cm³/mol. The van der Waals surface area contributed by atoms with Crippen LogP contribution in [0.25, 0.3) is 0 Å². The van der Waals surface area contributed by atoms with E-state index in [0.717, 1.165) is 37.7 Å². The smallest absolute Gasteiger partial charge is 0.197 e. The highest BCUT2D eigenvalue weighted by molar-refractivity contribution is 5.95. The van der Waals surface area contributed by atoms with E-state index in [1.807, 2.05) is 6.92 Å². The van der Waals surface area contributed by atoms with Gasteiger partial charge in [0.15, 0.2) is 11.5 Å². The third-order valence-electron chi connectivity index (χ3n) is 7.76. The molecule has 0 bridgehead atoms. The molecule has 0 amide bonds. The number of hydrogen-bond acceptors (Lipinski definition) is 3. The maximum Gasteiger partial charge on any atom is 0.197 e. The molecule has 0 spiro atoms. The van der Waals surface area contributed by atoms with Crippen molar-refractivity contribution in [2.75, 3.05) is 6.61 Å². The largest absolute Gasteiger partial charge is 0.504 e. The third kappa shape index (κ3) is 2.01. The van der Waals surface area contributed by atoms with Gasteiger partial charge in [-0.05, 0) is 72.7 Å². The van der Waals surface area contributed by atoms with E-state index >= 15 is 0 Å². The molecule has 0 aromatic carbocycles. The monoisotopic (exact) mass is 306 g/mol. The minimum absolute atomic E-state index is 0.0248. The van der Waals surface area contributed by atoms with Gasteiger partial charge in [0.2, 0.25) is 0 Å². The second kappa shape index (κ2) is 4.83. The van der Waals surface area contributed by atoms with Gasteiger partial charge in [-0.1, -0.05) is 20.8 Å². The Bertz CT molecular complexity index is 537. The van der Waals surface area contributed by atoms with E-state index in [9.17, 15) is 15.0 Å². The molecular formula is C19H30O3. The maximum atomic E-state index is 12.3. The Balaban J connectivity index is 1.99. The summed E-state index contributed by atoms with van der Waals surface area (Å²) in [4.78, 5) is 12.3. The highest BCUT2D eigenvalue weighted by Crippen LogP contribution is 2.66. The Kier molecular flexibility index (Phi) is 3.52. The number of ketones is 1. The lowest BCUT2D eigenvalue weighted by molar-refractivity contribution is -0.137. The summed E-state index contributed by atoms with van der Waals surface area (Å²) in [6.07, 6.45) is 5.85. The van der Waals surface area contributed by atoms with Gasteiger partial charge in [0.1, 0.15) is 0 Å². The van der Waals surface area contributed by atoms with Crippen molar-refractivity contribution in [1.82, 2.24) is 0 Å². The number of fused-ring (bicyclic) bond motifs is 3. The lowest BCUT2D eigenvalue weighted by Crippen LogP contribution is -2.55. The van der Waals surface area contributed by atoms with E-state index in [1.54, 1.807) is 0 Å². The molecule has 2 fully saturated rings. The normalized spacial score (nSPS) is 48.9. The van der Waals surface area contributed by atoms with Crippen LogP contribution in [0.2, 0.25) is 0 Å². The summed E-state index contributed by atoms with van der Waals surface area (Å²) < 4.78 is 0. The molecule has 3 aliphatic carbocycles. The van der Waals surface area contributed by atoms with Crippen LogP contribution in [0.15, 0.2) is 11.3 Å². The van der Waals surface area contributed by atoms with E-state index in [4.69, 9.17) is 0 Å². The van der Waals surface area contributed by atoms with E-state index in [1.165, 1.54) is 0 Å². The molecule has 0 aromatic heterocycles. The number of aliphatic hydroxyl groups is 2. The molecule has 0 radical (unpaired) electrons. The van der Waals surface area contributed by atoms with Crippen LogP contribution in [0.1, 0.15) is 66.2 Å².